The first-order valence-electron chi connectivity index (χ1n) is 7.82. The molecule has 0 unspecified atom stereocenters. The molecule has 1 amide bonds. The lowest BCUT2D eigenvalue weighted by atomic mass is 10.1. The fraction of sp³-hybridized carbons (Fsp3) is 0. The Morgan fingerprint density at radius 2 is 1.44 bits per heavy atom. The fourth-order valence-corrected chi connectivity index (χ4v) is 3.09. The molecule has 0 atom stereocenters. The summed E-state index contributed by atoms with van der Waals surface area (Å²) in [5.74, 6) is -0.204. The Balaban J connectivity index is 1.86. The van der Waals surface area contributed by atoms with E-state index in [0.29, 0.717) is 5.71 Å². The summed E-state index contributed by atoms with van der Waals surface area (Å²) >= 11 is 3.46. The number of fused-ring (bicyclic) bond motifs is 1. The van der Waals surface area contributed by atoms with E-state index in [1.54, 1.807) is 5.01 Å². The standard InChI is InChI=1S/C20H14BrN3O/c21-14-11-12-18-17(13-14)19(20(25)22-18)23-24(15-7-3-1-4-8-15)16-9-5-2-6-10-16/h1-13H,(H,22,23,25). The number of benzene rings is 3. The molecule has 122 valence electrons. The van der Waals surface area contributed by atoms with Crippen molar-refractivity contribution in [3.8, 4) is 0 Å². The molecule has 25 heavy (non-hydrogen) atoms. The Kier molecular flexibility index (Phi) is 4.07. The van der Waals surface area contributed by atoms with Crippen LogP contribution in [0.3, 0.4) is 0 Å². The van der Waals surface area contributed by atoms with Gasteiger partial charge in [-0.05, 0) is 42.5 Å². The van der Waals surface area contributed by atoms with Crippen molar-refractivity contribution in [2.45, 2.75) is 0 Å². The zero-order valence-corrected chi connectivity index (χ0v) is 14.8. The number of nitrogens with one attached hydrogen (secondary N) is 1. The summed E-state index contributed by atoms with van der Waals surface area (Å²) < 4.78 is 0.904. The van der Waals surface area contributed by atoms with Crippen LogP contribution in [0.5, 0.6) is 0 Å². The van der Waals surface area contributed by atoms with Gasteiger partial charge in [0.2, 0.25) is 0 Å². The van der Waals surface area contributed by atoms with E-state index in [1.807, 2.05) is 78.9 Å². The minimum atomic E-state index is -0.204. The second-order valence-electron chi connectivity index (χ2n) is 5.58. The van der Waals surface area contributed by atoms with E-state index >= 15 is 0 Å². The van der Waals surface area contributed by atoms with Gasteiger partial charge in [0.1, 0.15) is 0 Å². The summed E-state index contributed by atoms with van der Waals surface area (Å²) in [5.41, 5.74) is 3.73. The Bertz CT molecular complexity index is 916. The Morgan fingerprint density at radius 1 is 0.840 bits per heavy atom. The first kappa shape index (κ1) is 15.6. The average Bonchev–Trinajstić information content (AvgIpc) is 2.95. The zero-order valence-electron chi connectivity index (χ0n) is 13.2. The van der Waals surface area contributed by atoms with Crippen molar-refractivity contribution < 1.29 is 4.79 Å². The molecular weight excluding hydrogens is 378 g/mol. The summed E-state index contributed by atoms with van der Waals surface area (Å²) in [6, 6.07) is 25.2. The molecule has 1 N–H and O–H groups in total. The monoisotopic (exact) mass is 391 g/mol. The molecule has 0 aliphatic carbocycles. The third-order valence-electron chi connectivity index (χ3n) is 3.90. The van der Waals surface area contributed by atoms with Gasteiger partial charge in [-0.25, -0.2) is 5.01 Å². The van der Waals surface area contributed by atoms with Crippen molar-refractivity contribution in [2.75, 3.05) is 10.3 Å². The molecular formula is C20H14BrN3O. The predicted octanol–water partition coefficient (Wildman–Crippen LogP) is 4.94. The lowest BCUT2D eigenvalue weighted by Crippen LogP contribution is -2.20. The van der Waals surface area contributed by atoms with Crippen LogP contribution in [-0.4, -0.2) is 11.6 Å². The third kappa shape index (κ3) is 3.06. The highest BCUT2D eigenvalue weighted by molar-refractivity contribution is 9.10. The Labute approximate surface area is 153 Å². The van der Waals surface area contributed by atoms with Crippen LogP contribution in [0, 0.1) is 0 Å². The van der Waals surface area contributed by atoms with Crippen LogP contribution in [0.15, 0.2) is 88.4 Å². The highest BCUT2D eigenvalue weighted by Gasteiger charge is 2.27. The molecule has 1 aliphatic heterocycles. The first-order chi connectivity index (χ1) is 12.2. The van der Waals surface area contributed by atoms with Gasteiger partial charge in [0.05, 0.1) is 17.1 Å². The normalized spacial score (nSPS) is 14.3. The fourth-order valence-electron chi connectivity index (χ4n) is 2.73. The molecule has 0 saturated heterocycles. The van der Waals surface area contributed by atoms with E-state index in [1.165, 1.54) is 0 Å². The lowest BCUT2D eigenvalue weighted by Gasteiger charge is -2.20. The SMILES string of the molecule is O=C1Nc2ccc(Br)cc2C1=NN(c1ccccc1)c1ccccc1. The van der Waals surface area contributed by atoms with E-state index in [2.05, 4.69) is 21.2 Å². The Hall–Kier alpha value is -2.92. The van der Waals surface area contributed by atoms with E-state index in [9.17, 15) is 4.79 Å². The molecule has 3 aromatic rings. The average molecular weight is 392 g/mol. The molecule has 5 heteroatoms. The van der Waals surface area contributed by atoms with Crippen molar-refractivity contribution in [3.63, 3.8) is 0 Å². The van der Waals surface area contributed by atoms with Crippen LogP contribution >= 0.6 is 15.9 Å². The van der Waals surface area contributed by atoms with Crippen molar-refractivity contribution in [1.29, 1.82) is 0 Å². The maximum atomic E-state index is 12.5. The number of halogens is 1. The first-order valence-corrected chi connectivity index (χ1v) is 8.62. The number of anilines is 3. The molecule has 0 saturated carbocycles. The van der Waals surface area contributed by atoms with Gasteiger partial charge in [-0.3, -0.25) is 4.79 Å². The van der Waals surface area contributed by atoms with Gasteiger partial charge in [0, 0.05) is 10.0 Å². The van der Waals surface area contributed by atoms with Crippen molar-refractivity contribution >= 4 is 44.6 Å². The number of carbonyl (C=O) groups excluding carboxylic acids is 1. The third-order valence-corrected chi connectivity index (χ3v) is 4.39. The van der Waals surface area contributed by atoms with E-state index in [-0.39, 0.29) is 5.91 Å². The molecule has 0 bridgehead atoms. The van der Waals surface area contributed by atoms with Gasteiger partial charge in [-0.1, -0.05) is 52.3 Å². The van der Waals surface area contributed by atoms with Crippen LogP contribution in [0.4, 0.5) is 17.1 Å². The Morgan fingerprint density at radius 3 is 2.04 bits per heavy atom. The van der Waals surface area contributed by atoms with Crippen LogP contribution < -0.4 is 10.3 Å². The van der Waals surface area contributed by atoms with Gasteiger partial charge in [-0.2, -0.15) is 5.10 Å². The number of para-hydroxylation sites is 2. The number of carbonyl (C=O) groups is 1. The summed E-state index contributed by atoms with van der Waals surface area (Å²) in [7, 11) is 0. The number of amides is 1. The second-order valence-corrected chi connectivity index (χ2v) is 6.49. The topological polar surface area (TPSA) is 44.7 Å². The van der Waals surface area contributed by atoms with Gasteiger partial charge >= 0.3 is 0 Å². The molecule has 1 heterocycles. The highest BCUT2D eigenvalue weighted by atomic mass is 79.9. The minimum absolute atomic E-state index is 0.204. The molecule has 0 fully saturated rings. The maximum absolute atomic E-state index is 12.5. The van der Waals surface area contributed by atoms with Gasteiger partial charge in [-0.15, -0.1) is 0 Å². The smallest absolute Gasteiger partial charge is 0.276 e. The van der Waals surface area contributed by atoms with E-state index in [4.69, 9.17) is 5.10 Å². The summed E-state index contributed by atoms with van der Waals surface area (Å²) in [5, 5.41) is 9.35. The zero-order chi connectivity index (χ0) is 17.2. The van der Waals surface area contributed by atoms with Crippen molar-refractivity contribution in [3.05, 3.63) is 88.9 Å². The van der Waals surface area contributed by atoms with Gasteiger partial charge in [0.25, 0.3) is 5.91 Å². The van der Waals surface area contributed by atoms with Crippen molar-refractivity contribution in [1.82, 2.24) is 0 Å². The molecule has 1 aliphatic rings. The summed E-state index contributed by atoms with van der Waals surface area (Å²) in [6.45, 7) is 0. The van der Waals surface area contributed by atoms with E-state index < -0.39 is 0 Å². The second kappa shape index (κ2) is 6.53. The number of nitrogens with zero attached hydrogens (tertiary/aromatic N) is 2. The summed E-state index contributed by atoms with van der Waals surface area (Å²) in [6.07, 6.45) is 0. The molecule has 4 nitrogen and oxygen atoms in total. The predicted molar refractivity (Wildman–Crippen MR) is 104 cm³/mol. The quantitative estimate of drug-likeness (QED) is 0.642. The number of hydrazone groups is 1. The lowest BCUT2D eigenvalue weighted by molar-refractivity contribution is -0.110. The van der Waals surface area contributed by atoms with Crippen LogP contribution in [0.1, 0.15) is 5.56 Å². The van der Waals surface area contributed by atoms with Crippen molar-refractivity contribution in [2.24, 2.45) is 5.10 Å². The molecule has 3 aromatic carbocycles. The highest BCUT2D eigenvalue weighted by Crippen LogP contribution is 2.30. The minimum Gasteiger partial charge on any atom is -0.320 e. The van der Waals surface area contributed by atoms with Crippen LogP contribution in [0.25, 0.3) is 0 Å². The van der Waals surface area contributed by atoms with Crippen LogP contribution in [-0.2, 0) is 4.79 Å². The van der Waals surface area contributed by atoms with Gasteiger partial charge in [0.15, 0.2) is 5.71 Å². The number of hydrogen-bond acceptors (Lipinski definition) is 3. The van der Waals surface area contributed by atoms with E-state index in [0.717, 1.165) is 27.1 Å². The summed E-state index contributed by atoms with van der Waals surface area (Å²) in [4.78, 5) is 12.5. The maximum Gasteiger partial charge on any atom is 0.276 e. The van der Waals surface area contributed by atoms with Crippen LogP contribution in [0.2, 0.25) is 0 Å². The van der Waals surface area contributed by atoms with Gasteiger partial charge < -0.3 is 5.32 Å². The molecule has 0 radical (unpaired) electrons. The number of hydrogen-bond donors (Lipinski definition) is 1. The number of rotatable bonds is 3. The molecule has 0 aromatic heterocycles. The molecule has 0 spiro atoms. The molecule has 4 rings (SSSR count). The largest absolute Gasteiger partial charge is 0.320 e.